The van der Waals surface area contributed by atoms with Gasteiger partial charge < -0.3 is 10.1 Å². The average molecular weight is 337 g/mol. The summed E-state index contributed by atoms with van der Waals surface area (Å²) in [6.45, 7) is 6.40. The summed E-state index contributed by atoms with van der Waals surface area (Å²) in [5.74, 6) is 0. The highest BCUT2D eigenvalue weighted by atomic mass is 32.2. The van der Waals surface area contributed by atoms with Crippen LogP contribution in [0, 0.1) is 10.1 Å². The first-order valence-electron chi connectivity index (χ1n) is 6.45. The Hall–Kier alpha value is -1.23. The van der Waals surface area contributed by atoms with Crippen molar-refractivity contribution in [1.82, 2.24) is 4.72 Å². The molecule has 0 saturated heterocycles. The van der Waals surface area contributed by atoms with Crippen molar-refractivity contribution in [2.45, 2.75) is 31.1 Å². The van der Waals surface area contributed by atoms with Crippen molar-refractivity contribution < 1.29 is 18.1 Å². The number of rotatable bonds is 9. The molecule has 1 heterocycles. The zero-order valence-corrected chi connectivity index (χ0v) is 13.7. The van der Waals surface area contributed by atoms with Crippen LogP contribution in [0.4, 0.5) is 10.7 Å². The minimum atomic E-state index is -3.78. The molecule has 0 aromatic carbocycles. The fourth-order valence-corrected chi connectivity index (χ4v) is 4.11. The van der Waals surface area contributed by atoms with E-state index in [0.29, 0.717) is 13.2 Å². The minimum Gasteiger partial charge on any atom is -0.377 e. The molecule has 1 unspecified atom stereocenters. The average Bonchev–Trinajstić information content (AvgIpc) is 2.82. The van der Waals surface area contributed by atoms with Crippen molar-refractivity contribution in [3.8, 4) is 0 Å². The number of hydrogen-bond acceptors (Lipinski definition) is 7. The van der Waals surface area contributed by atoms with Crippen LogP contribution in [-0.4, -0.2) is 39.1 Å². The summed E-state index contributed by atoms with van der Waals surface area (Å²) in [6.07, 6.45) is -0.270. The van der Waals surface area contributed by atoms with E-state index in [1.807, 2.05) is 6.92 Å². The maximum atomic E-state index is 12.1. The Labute approximate surface area is 127 Å². The summed E-state index contributed by atoms with van der Waals surface area (Å²) in [7, 11) is -3.78. The summed E-state index contributed by atoms with van der Waals surface area (Å²) in [5.41, 5.74) is -0.236. The summed E-state index contributed by atoms with van der Waals surface area (Å²) in [5, 5.41) is 14.0. The van der Waals surface area contributed by atoms with Gasteiger partial charge in [0.1, 0.15) is 4.21 Å². The van der Waals surface area contributed by atoms with Gasteiger partial charge in [0.25, 0.3) is 0 Å². The maximum Gasteiger partial charge on any atom is 0.304 e. The van der Waals surface area contributed by atoms with E-state index in [1.54, 1.807) is 13.8 Å². The highest BCUT2D eigenvalue weighted by Crippen LogP contribution is 2.36. The van der Waals surface area contributed by atoms with Gasteiger partial charge in [-0.05, 0) is 20.8 Å². The van der Waals surface area contributed by atoms with Crippen molar-refractivity contribution in [3.05, 3.63) is 16.2 Å². The van der Waals surface area contributed by atoms with Gasteiger partial charge in [0.15, 0.2) is 5.00 Å². The van der Waals surface area contributed by atoms with Gasteiger partial charge in [0.05, 0.1) is 11.0 Å². The standard InChI is InChI=1S/C11H19N3O5S2/c1-4-12-11-9(14(15)16)6-10(20-11)21(17,18)13-7-8(3)19-5-2/h6,8,12-13H,4-5,7H2,1-3H3. The van der Waals surface area contributed by atoms with Gasteiger partial charge in [-0.1, -0.05) is 11.3 Å². The lowest BCUT2D eigenvalue weighted by Crippen LogP contribution is -2.31. The third-order valence-corrected chi connectivity index (χ3v) is 5.48. The lowest BCUT2D eigenvalue weighted by atomic mass is 10.4. The Morgan fingerprint density at radius 1 is 1.48 bits per heavy atom. The van der Waals surface area contributed by atoms with E-state index in [2.05, 4.69) is 10.0 Å². The normalized spacial score (nSPS) is 13.1. The summed E-state index contributed by atoms with van der Waals surface area (Å²) < 4.78 is 31.8. The topological polar surface area (TPSA) is 111 Å². The zero-order valence-electron chi connectivity index (χ0n) is 12.1. The van der Waals surface area contributed by atoms with Crippen molar-refractivity contribution in [2.75, 3.05) is 25.0 Å². The smallest absolute Gasteiger partial charge is 0.304 e. The molecule has 1 rings (SSSR count). The van der Waals surface area contributed by atoms with E-state index >= 15 is 0 Å². The Morgan fingerprint density at radius 3 is 2.67 bits per heavy atom. The van der Waals surface area contributed by atoms with Crippen LogP contribution in [0.15, 0.2) is 10.3 Å². The summed E-state index contributed by atoms with van der Waals surface area (Å²) in [4.78, 5) is 10.3. The van der Waals surface area contributed by atoms with Crippen molar-refractivity contribution in [3.63, 3.8) is 0 Å². The molecule has 10 heteroatoms. The van der Waals surface area contributed by atoms with Crippen LogP contribution >= 0.6 is 11.3 Å². The highest BCUT2D eigenvalue weighted by molar-refractivity contribution is 7.91. The van der Waals surface area contributed by atoms with Crippen LogP contribution in [0.25, 0.3) is 0 Å². The number of hydrogen-bond donors (Lipinski definition) is 2. The van der Waals surface area contributed by atoms with Gasteiger partial charge in [-0.3, -0.25) is 10.1 Å². The van der Waals surface area contributed by atoms with Gasteiger partial charge in [0.2, 0.25) is 10.0 Å². The van der Waals surface area contributed by atoms with Crippen LogP contribution < -0.4 is 10.0 Å². The molecule has 21 heavy (non-hydrogen) atoms. The highest BCUT2D eigenvalue weighted by Gasteiger charge is 2.26. The van der Waals surface area contributed by atoms with E-state index in [0.717, 1.165) is 17.4 Å². The predicted molar refractivity (Wildman–Crippen MR) is 81.4 cm³/mol. The van der Waals surface area contributed by atoms with Crippen LogP contribution in [0.2, 0.25) is 0 Å². The van der Waals surface area contributed by atoms with Crippen molar-refractivity contribution in [1.29, 1.82) is 0 Å². The Morgan fingerprint density at radius 2 is 2.14 bits per heavy atom. The molecule has 8 nitrogen and oxygen atoms in total. The maximum absolute atomic E-state index is 12.1. The monoisotopic (exact) mass is 337 g/mol. The lowest BCUT2D eigenvalue weighted by molar-refractivity contribution is -0.383. The zero-order chi connectivity index (χ0) is 16.0. The molecule has 0 aliphatic rings. The largest absolute Gasteiger partial charge is 0.377 e. The molecule has 0 radical (unpaired) electrons. The first-order chi connectivity index (χ1) is 9.81. The van der Waals surface area contributed by atoms with E-state index in [4.69, 9.17) is 4.74 Å². The van der Waals surface area contributed by atoms with Gasteiger partial charge in [-0.25, -0.2) is 13.1 Å². The van der Waals surface area contributed by atoms with Crippen LogP contribution in [0.1, 0.15) is 20.8 Å². The van der Waals surface area contributed by atoms with E-state index in [9.17, 15) is 18.5 Å². The molecule has 120 valence electrons. The predicted octanol–water partition coefficient (Wildman–Crippen LogP) is 1.79. The quantitative estimate of drug-likeness (QED) is 0.525. The molecule has 0 fully saturated rings. The number of nitro groups is 1. The minimum absolute atomic E-state index is 0.0890. The molecule has 1 aromatic heterocycles. The third kappa shape index (κ3) is 4.92. The number of ether oxygens (including phenoxy) is 1. The fraction of sp³-hybridized carbons (Fsp3) is 0.636. The van der Waals surface area contributed by atoms with Crippen LogP contribution in [0.5, 0.6) is 0 Å². The fourth-order valence-electron chi connectivity index (χ4n) is 1.56. The SMILES string of the molecule is CCNc1sc(S(=O)(=O)NCC(C)OCC)cc1[N+](=O)[O-]. The number of nitrogens with one attached hydrogen (secondary N) is 2. The second-order valence-electron chi connectivity index (χ2n) is 4.19. The summed E-state index contributed by atoms with van der Waals surface area (Å²) in [6, 6.07) is 1.07. The molecule has 1 atom stereocenters. The number of nitrogens with zero attached hydrogens (tertiary/aromatic N) is 1. The number of anilines is 1. The lowest BCUT2D eigenvalue weighted by Gasteiger charge is -2.11. The second-order valence-corrected chi connectivity index (χ2v) is 7.23. The molecule has 2 N–H and O–H groups in total. The molecule has 0 amide bonds. The molecular weight excluding hydrogens is 318 g/mol. The van der Waals surface area contributed by atoms with E-state index in [-0.39, 0.29) is 27.5 Å². The Balaban J connectivity index is 2.93. The molecule has 1 aromatic rings. The van der Waals surface area contributed by atoms with E-state index < -0.39 is 14.9 Å². The Kier molecular flexibility index (Phi) is 6.52. The molecule has 0 aliphatic carbocycles. The van der Waals surface area contributed by atoms with Gasteiger partial charge in [0, 0.05) is 25.8 Å². The molecular formula is C11H19N3O5S2. The second kappa shape index (κ2) is 7.69. The number of thiophene rings is 1. The first-order valence-corrected chi connectivity index (χ1v) is 8.75. The van der Waals surface area contributed by atoms with E-state index in [1.165, 1.54) is 0 Å². The molecule has 0 saturated carbocycles. The summed E-state index contributed by atoms with van der Waals surface area (Å²) >= 11 is 0.840. The number of sulfonamides is 1. The molecule has 0 bridgehead atoms. The van der Waals surface area contributed by atoms with Gasteiger partial charge >= 0.3 is 5.69 Å². The van der Waals surface area contributed by atoms with Crippen LogP contribution in [0.3, 0.4) is 0 Å². The van der Waals surface area contributed by atoms with Crippen molar-refractivity contribution >= 4 is 32.0 Å². The Bertz CT molecular complexity index is 585. The van der Waals surface area contributed by atoms with Crippen molar-refractivity contribution in [2.24, 2.45) is 0 Å². The molecule has 0 aliphatic heterocycles. The first kappa shape index (κ1) is 17.8. The van der Waals surface area contributed by atoms with Gasteiger partial charge in [-0.15, -0.1) is 0 Å². The van der Waals surface area contributed by atoms with Crippen LogP contribution in [-0.2, 0) is 14.8 Å². The molecule has 0 spiro atoms. The van der Waals surface area contributed by atoms with Gasteiger partial charge in [-0.2, -0.15) is 0 Å². The third-order valence-electron chi connectivity index (χ3n) is 2.50.